The van der Waals surface area contributed by atoms with Gasteiger partial charge in [0.25, 0.3) is 0 Å². The summed E-state index contributed by atoms with van der Waals surface area (Å²) in [6.45, 7) is 1.96. The van der Waals surface area contributed by atoms with Gasteiger partial charge in [-0.3, -0.25) is 0 Å². The van der Waals surface area contributed by atoms with E-state index in [1.54, 1.807) is 12.3 Å². The Morgan fingerprint density at radius 3 is 2.44 bits per heavy atom. The van der Waals surface area contributed by atoms with Crippen LogP contribution < -0.4 is 0 Å². The lowest BCUT2D eigenvalue weighted by molar-refractivity contribution is 0.602. The largest absolute Gasteiger partial charge is 0.360 e. The van der Waals surface area contributed by atoms with Crippen molar-refractivity contribution in [2.24, 2.45) is 0 Å². The average molecular weight is 235 g/mol. The minimum absolute atomic E-state index is 0.349. The van der Waals surface area contributed by atoms with E-state index < -0.39 is 9.84 Å². The first-order chi connectivity index (χ1) is 7.50. The van der Waals surface area contributed by atoms with Crippen molar-refractivity contribution < 1.29 is 8.42 Å². The van der Waals surface area contributed by atoms with E-state index >= 15 is 0 Å². The fraction of sp³-hybridized carbons (Fsp3) is 0.167. The van der Waals surface area contributed by atoms with E-state index in [1.807, 2.05) is 31.2 Å². The van der Waals surface area contributed by atoms with Gasteiger partial charge in [0.1, 0.15) is 0 Å². The molecule has 4 heteroatoms. The third-order valence-electron chi connectivity index (χ3n) is 2.52. The predicted octanol–water partition coefficient (Wildman–Crippen LogP) is 2.39. The van der Waals surface area contributed by atoms with Crippen LogP contribution in [0.3, 0.4) is 0 Å². The van der Waals surface area contributed by atoms with Crippen molar-refractivity contribution in [3.05, 3.63) is 42.1 Å². The minimum atomic E-state index is -3.19. The molecule has 16 heavy (non-hydrogen) atoms. The van der Waals surface area contributed by atoms with Gasteiger partial charge in [-0.1, -0.05) is 24.3 Å². The minimum Gasteiger partial charge on any atom is -0.360 e. The SMILES string of the molecule is Cc1ccccc1-c1[nH]ccc1S(C)(=O)=O. The number of rotatable bonds is 2. The van der Waals surface area contributed by atoms with E-state index in [0.29, 0.717) is 10.6 Å². The molecule has 0 fully saturated rings. The molecule has 0 aliphatic carbocycles. The molecule has 1 N–H and O–H groups in total. The van der Waals surface area contributed by atoms with Gasteiger partial charge in [0.05, 0.1) is 10.6 Å². The Balaban J connectivity index is 2.68. The zero-order chi connectivity index (χ0) is 11.8. The Hall–Kier alpha value is -1.55. The molecule has 3 nitrogen and oxygen atoms in total. The van der Waals surface area contributed by atoms with Gasteiger partial charge in [-0.15, -0.1) is 0 Å². The summed E-state index contributed by atoms with van der Waals surface area (Å²) >= 11 is 0. The van der Waals surface area contributed by atoms with Crippen LogP contribution in [0.5, 0.6) is 0 Å². The second-order valence-electron chi connectivity index (χ2n) is 3.80. The molecule has 0 aliphatic heterocycles. The number of nitrogens with one attached hydrogen (secondary N) is 1. The van der Waals surface area contributed by atoms with Crippen molar-refractivity contribution in [3.63, 3.8) is 0 Å². The van der Waals surface area contributed by atoms with Gasteiger partial charge in [0.2, 0.25) is 0 Å². The van der Waals surface area contributed by atoms with Gasteiger partial charge in [-0.05, 0) is 18.6 Å². The van der Waals surface area contributed by atoms with Gasteiger partial charge in [0, 0.05) is 18.0 Å². The van der Waals surface area contributed by atoms with E-state index in [-0.39, 0.29) is 0 Å². The number of H-pyrrole nitrogens is 1. The van der Waals surface area contributed by atoms with E-state index in [2.05, 4.69) is 4.98 Å². The summed E-state index contributed by atoms with van der Waals surface area (Å²) in [5.41, 5.74) is 2.64. The van der Waals surface area contributed by atoms with Gasteiger partial charge < -0.3 is 4.98 Å². The van der Waals surface area contributed by atoms with Crippen LogP contribution in [0.15, 0.2) is 41.4 Å². The van der Waals surface area contributed by atoms with Crippen LogP contribution in [0.1, 0.15) is 5.56 Å². The molecule has 0 amide bonds. The number of aromatic amines is 1. The molecule has 0 spiro atoms. The monoisotopic (exact) mass is 235 g/mol. The van der Waals surface area contributed by atoms with Crippen LogP contribution in [0, 0.1) is 6.92 Å². The Bertz CT molecular complexity index is 611. The normalized spacial score (nSPS) is 11.6. The number of aromatic nitrogens is 1. The zero-order valence-electron chi connectivity index (χ0n) is 9.19. The molecule has 0 radical (unpaired) electrons. The summed E-state index contributed by atoms with van der Waals surface area (Å²) in [6, 6.07) is 9.30. The topological polar surface area (TPSA) is 49.9 Å². The Labute approximate surface area is 95.1 Å². The fourth-order valence-corrected chi connectivity index (χ4v) is 2.58. The van der Waals surface area contributed by atoms with Crippen LogP contribution in [0.4, 0.5) is 0 Å². The molecule has 0 saturated heterocycles. The van der Waals surface area contributed by atoms with E-state index in [0.717, 1.165) is 11.1 Å². The molecule has 2 aromatic rings. The third-order valence-corrected chi connectivity index (χ3v) is 3.66. The molecule has 1 aromatic carbocycles. The molecule has 1 aromatic heterocycles. The summed E-state index contributed by atoms with van der Waals surface area (Å²) in [5.74, 6) is 0. The van der Waals surface area contributed by atoms with Crippen molar-refractivity contribution in [2.45, 2.75) is 11.8 Å². The van der Waals surface area contributed by atoms with Crippen LogP contribution >= 0.6 is 0 Å². The lowest BCUT2D eigenvalue weighted by Gasteiger charge is -2.05. The summed E-state index contributed by atoms with van der Waals surface area (Å²) in [6.07, 6.45) is 2.87. The van der Waals surface area contributed by atoms with Crippen molar-refractivity contribution in [1.82, 2.24) is 4.98 Å². The first-order valence-electron chi connectivity index (χ1n) is 4.93. The molecule has 0 atom stereocenters. The molecule has 2 rings (SSSR count). The zero-order valence-corrected chi connectivity index (χ0v) is 10.0. The van der Waals surface area contributed by atoms with Crippen molar-refractivity contribution >= 4 is 9.84 Å². The average Bonchev–Trinajstić information content (AvgIpc) is 2.66. The van der Waals surface area contributed by atoms with E-state index in [4.69, 9.17) is 0 Å². The molecule has 0 aliphatic rings. The van der Waals surface area contributed by atoms with E-state index in [9.17, 15) is 8.42 Å². The van der Waals surface area contributed by atoms with E-state index in [1.165, 1.54) is 6.26 Å². The van der Waals surface area contributed by atoms with Crippen LogP contribution in [-0.4, -0.2) is 19.7 Å². The first kappa shape index (κ1) is 11.0. The molecule has 0 unspecified atom stereocenters. The number of aryl methyl sites for hydroxylation is 1. The van der Waals surface area contributed by atoms with Crippen molar-refractivity contribution in [3.8, 4) is 11.3 Å². The lowest BCUT2D eigenvalue weighted by atomic mass is 10.1. The smallest absolute Gasteiger partial charge is 0.177 e. The fourth-order valence-electron chi connectivity index (χ4n) is 1.73. The highest BCUT2D eigenvalue weighted by Crippen LogP contribution is 2.28. The number of benzene rings is 1. The van der Waals surface area contributed by atoms with Crippen LogP contribution in [-0.2, 0) is 9.84 Å². The predicted molar refractivity (Wildman–Crippen MR) is 64.1 cm³/mol. The first-order valence-corrected chi connectivity index (χ1v) is 6.83. The van der Waals surface area contributed by atoms with Crippen LogP contribution in [0.2, 0.25) is 0 Å². The van der Waals surface area contributed by atoms with Crippen molar-refractivity contribution in [2.75, 3.05) is 6.26 Å². The number of hydrogen-bond acceptors (Lipinski definition) is 2. The molecular formula is C12H13NO2S. The van der Waals surface area contributed by atoms with Crippen LogP contribution in [0.25, 0.3) is 11.3 Å². The van der Waals surface area contributed by atoms with Gasteiger partial charge >= 0.3 is 0 Å². The number of hydrogen-bond donors (Lipinski definition) is 1. The highest BCUT2D eigenvalue weighted by Gasteiger charge is 2.16. The summed E-state index contributed by atoms with van der Waals surface area (Å²) in [5, 5.41) is 0. The van der Waals surface area contributed by atoms with Gasteiger partial charge in [-0.25, -0.2) is 8.42 Å². The third kappa shape index (κ3) is 1.88. The Kier molecular flexibility index (Phi) is 2.59. The second-order valence-corrected chi connectivity index (χ2v) is 5.79. The maximum Gasteiger partial charge on any atom is 0.177 e. The number of sulfone groups is 1. The molecular weight excluding hydrogens is 222 g/mol. The van der Waals surface area contributed by atoms with Crippen molar-refractivity contribution in [1.29, 1.82) is 0 Å². The molecule has 0 saturated carbocycles. The summed E-state index contributed by atoms with van der Waals surface area (Å²) in [7, 11) is -3.19. The Morgan fingerprint density at radius 1 is 1.12 bits per heavy atom. The van der Waals surface area contributed by atoms with Gasteiger partial charge in [-0.2, -0.15) is 0 Å². The van der Waals surface area contributed by atoms with Gasteiger partial charge in [0.15, 0.2) is 9.84 Å². The highest BCUT2D eigenvalue weighted by molar-refractivity contribution is 7.90. The Morgan fingerprint density at radius 2 is 1.81 bits per heavy atom. The maximum atomic E-state index is 11.6. The molecule has 0 bridgehead atoms. The molecule has 1 heterocycles. The summed E-state index contributed by atoms with van der Waals surface area (Å²) in [4.78, 5) is 3.34. The maximum absolute atomic E-state index is 11.6. The lowest BCUT2D eigenvalue weighted by Crippen LogP contribution is -1.98. The quantitative estimate of drug-likeness (QED) is 0.869. The molecule has 84 valence electrons. The highest BCUT2D eigenvalue weighted by atomic mass is 32.2. The standard InChI is InChI=1S/C12H13NO2S/c1-9-5-3-4-6-10(9)12-11(7-8-13-12)16(2,14)15/h3-8,13H,1-2H3. The second kappa shape index (κ2) is 3.79. The summed E-state index contributed by atoms with van der Waals surface area (Å²) < 4.78 is 23.2.